The topological polar surface area (TPSA) is 43.1 Å². The van der Waals surface area contributed by atoms with Crippen molar-refractivity contribution in [1.82, 2.24) is 0 Å². The molecule has 0 aliphatic carbocycles. The highest BCUT2D eigenvalue weighted by Gasteiger charge is 1.95. The lowest BCUT2D eigenvalue weighted by Crippen LogP contribution is -2.06. The van der Waals surface area contributed by atoms with E-state index in [1.54, 1.807) is 0 Å². The van der Waals surface area contributed by atoms with E-state index < -0.39 is 0 Å². The molecule has 0 atom stereocenters. The third kappa shape index (κ3) is 3.81. The highest BCUT2D eigenvalue weighted by molar-refractivity contribution is 5.78. The summed E-state index contributed by atoms with van der Waals surface area (Å²) in [5, 5.41) is 0. The minimum absolute atomic E-state index is 0.287. The second kappa shape index (κ2) is 4.78. The Morgan fingerprint density at radius 3 is 2.50 bits per heavy atom. The van der Waals surface area contributed by atoms with Crippen LogP contribution in [-0.4, -0.2) is 12.3 Å². The molecule has 2 heteroatoms. The molecule has 0 saturated heterocycles. The monoisotopic (exact) mass is 115 g/mol. The molecule has 0 amide bonds. The van der Waals surface area contributed by atoms with Crippen LogP contribution in [0, 0.1) is 0 Å². The molecule has 0 unspecified atom stereocenters. The fraction of sp³-hybridized carbons (Fsp3) is 0.833. The number of ketones is 1. The van der Waals surface area contributed by atoms with Gasteiger partial charge >= 0.3 is 0 Å². The molecule has 0 radical (unpaired) electrons. The minimum atomic E-state index is 0.287. The Labute approximate surface area is 50.1 Å². The van der Waals surface area contributed by atoms with Gasteiger partial charge in [0.1, 0.15) is 5.78 Å². The molecule has 0 aliphatic rings. The van der Waals surface area contributed by atoms with Gasteiger partial charge < -0.3 is 5.73 Å². The molecule has 0 aromatic rings. The number of carbonyl (C=O) groups is 1. The quantitative estimate of drug-likeness (QED) is 0.586. The second-order valence-electron chi connectivity index (χ2n) is 1.83. The highest BCUT2D eigenvalue weighted by Crippen LogP contribution is 1.90. The Kier molecular flexibility index (Phi) is 4.56. The van der Waals surface area contributed by atoms with Crippen molar-refractivity contribution in [1.29, 1.82) is 0 Å². The zero-order chi connectivity index (χ0) is 6.41. The average molecular weight is 115 g/mol. The van der Waals surface area contributed by atoms with Crippen molar-refractivity contribution in [2.45, 2.75) is 26.2 Å². The number of carbonyl (C=O) groups excluding carboxylic acids is 1. The van der Waals surface area contributed by atoms with E-state index in [4.69, 9.17) is 5.73 Å². The zero-order valence-corrected chi connectivity index (χ0v) is 5.31. The van der Waals surface area contributed by atoms with Crippen LogP contribution in [0.3, 0.4) is 0 Å². The van der Waals surface area contributed by atoms with Crippen molar-refractivity contribution in [3.63, 3.8) is 0 Å². The number of rotatable bonds is 4. The SMILES string of the molecule is CCCC(=O)CCN. The molecule has 0 fully saturated rings. The van der Waals surface area contributed by atoms with Crippen LogP contribution in [0.2, 0.25) is 0 Å². The maximum atomic E-state index is 10.6. The fourth-order valence-corrected chi connectivity index (χ4v) is 0.565. The van der Waals surface area contributed by atoms with Gasteiger partial charge in [0, 0.05) is 12.8 Å². The predicted octanol–water partition coefficient (Wildman–Crippen LogP) is 0.704. The summed E-state index contributed by atoms with van der Waals surface area (Å²) < 4.78 is 0. The van der Waals surface area contributed by atoms with Gasteiger partial charge in [-0.25, -0.2) is 0 Å². The van der Waals surface area contributed by atoms with Crippen LogP contribution < -0.4 is 5.73 Å². The van der Waals surface area contributed by atoms with E-state index in [-0.39, 0.29) is 5.78 Å². The van der Waals surface area contributed by atoms with E-state index in [1.165, 1.54) is 0 Å². The summed E-state index contributed by atoms with van der Waals surface area (Å²) in [5.41, 5.74) is 5.14. The van der Waals surface area contributed by atoms with Gasteiger partial charge in [0.15, 0.2) is 0 Å². The average Bonchev–Trinajstić information content (AvgIpc) is 1.68. The Hall–Kier alpha value is -0.370. The standard InChI is InChI=1S/C6H13NO/c1-2-3-6(8)4-5-7/h2-5,7H2,1H3. The lowest BCUT2D eigenvalue weighted by atomic mass is 10.2. The van der Waals surface area contributed by atoms with Crippen LogP contribution >= 0.6 is 0 Å². The summed E-state index contributed by atoms with van der Waals surface area (Å²) in [6.45, 7) is 2.49. The molecule has 48 valence electrons. The molecule has 0 aromatic heterocycles. The molecule has 0 aliphatic heterocycles. The van der Waals surface area contributed by atoms with Gasteiger partial charge in [0.25, 0.3) is 0 Å². The Balaban J connectivity index is 3.06. The number of hydrogen-bond acceptors (Lipinski definition) is 2. The highest BCUT2D eigenvalue weighted by atomic mass is 16.1. The summed E-state index contributed by atoms with van der Waals surface area (Å²) in [4.78, 5) is 10.6. The predicted molar refractivity (Wildman–Crippen MR) is 33.6 cm³/mol. The first-order valence-corrected chi connectivity index (χ1v) is 3.03. The van der Waals surface area contributed by atoms with E-state index in [0.29, 0.717) is 19.4 Å². The van der Waals surface area contributed by atoms with Crippen LogP contribution in [-0.2, 0) is 4.79 Å². The first-order valence-electron chi connectivity index (χ1n) is 3.03. The normalized spacial score (nSPS) is 9.25. The van der Waals surface area contributed by atoms with Crippen LogP contribution in [0.5, 0.6) is 0 Å². The van der Waals surface area contributed by atoms with Crippen LogP contribution in [0.25, 0.3) is 0 Å². The first-order chi connectivity index (χ1) is 3.81. The van der Waals surface area contributed by atoms with Gasteiger partial charge in [-0.05, 0) is 13.0 Å². The largest absolute Gasteiger partial charge is 0.330 e. The Morgan fingerprint density at radius 2 is 2.12 bits per heavy atom. The van der Waals surface area contributed by atoms with Crippen molar-refractivity contribution >= 4 is 5.78 Å². The summed E-state index contributed by atoms with van der Waals surface area (Å²) in [6, 6.07) is 0. The zero-order valence-electron chi connectivity index (χ0n) is 5.31. The van der Waals surface area contributed by atoms with Gasteiger partial charge in [-0.2, -0.15) is 0 Å². The lowest BCUT2D eigenvalue weighted by molar-refractivity contribution is -0.118. The van der Waals surface area contributed by atoms with Crippen molar-refractivity contribution in [3.8, 4) is 0 Å². The van der Waals surface area contributed by atoms with Gasteiger partial charge in [-0.15, -0.1) is 0 Å². The number of hydrogen-bond donors (Lipinski definition) is 1. The first kappa shape index (κ1) is 7.63. The molecule has 0 heterocycles. The lowest BCUT2D eigenvalue weighted by Gasteiger charge is -1.91. The van der Waals surface area contributed by atoms with Crippen molar-refractivity contribution in [3.05, 3.63) is 0 Å². The maximum Gasteiger partial charge on any atom is 0.134 e. The molecule has 0 aromatic carbocycles. The van der Waals surface area contributed by atoms with E-state index in [0.717, 1.165) is 6.42 Å². The second-order valence-corrected chi connectivity index (χ2v) is 1.83. The van der Waals surface area contributed by atoms with Crippen molar-refractivity contribution < 1.29 is 4.79 Å². The van der Waals surface area contributed by atoms with Gasteiger partial charge in [-0.3, -0.25) is 4.79 Å². The van der Waals surface area contributed by atoms with Crippen molar-refractivity contribution in [2.75, 3.05) is 6.54 Å². The van der Waals surface area contributed by atoms with Gasteiger partial charge in [-0.1, -0.05) is 6.92 Å². The number of Topliss-reactive ketones (excluding diaryl/α,β-unsaturated/α-hetero) is 1. The fourth-order valence-electron chi connectivity index (χ4n) is 0.565. The molecule has 8 heavy (non-hydrogen) atoms. The minimum Gasteiger partial charge on any atom is -0.330 e. The molecule has 2 N–H and O–H groups in total. The van der Waals surface area contributed by atoms with Crippen LogP contribution in [0.15, 0.2) is 0 Å². The third-order valence-electron chi connectivity index (χ3n) is 0.952. The summed E-state index contributed by atoms with van der Waals surface area (Å²) in [7, 11) is 0. The molecular weight excluding hydrogens is 102 g/mol. The third-order valence-corrected chi connectivity index (χ3v) is 0.952. The van der Waals surface area contributed by atoms with E-state index in [9.17, 15) is 4.79 Å². The molecule has 0 saturated carbocycles. The van der Waals surface area contributed by atoms with Crippen LogP contribution in [0.4, 0.5) is 0 Å². The molecule has 0 rings (SSSR count). The van der Waals surface area contributed by atoms with Gasteiger partial charge in [0.05, 0.1) is 0 Å². The summed E-state index contributed by atoms with van der Waals surface area (Å²) in [6.07, 6.45) is 2.18. The summed E-state index contributed by atoms with van der Waals surface area (Å²) >= 11 is 0. The molecular formula is C6H13NO. The Bertz CT molecular complexity index is 62.9. The van der Waals surface area contributed by atoms with E-state index >= 15 is 0 Å². The molecule has 0 bridgehead atoms. The van der Waals surface area contributed by atoms with Crippen molar-refractivity contribution in [2.24, 2.45) is 5.73 Å². The summed E-state index contributed by atoms with van der Waals surface area (Å²) in [5.74, 6) is 0.287. The number of nitrogens with two attached hydrogens (primary N) is 1. The maximum absolute atomic E-state index is 10.6. The molecule has 0 spiro atoms. The van der Waals surface area contributed by atoms with E-state index in [2.05, 4.69) is 0 Å². The van der Waals surface area contributed by atoms with E-state index in [1.807, 2.05) is 6.92 Å². The van der Waals surface area contributed by atoms with Crippen LogP contribution in [0.1, 0.15) is 26.2 Å². The smallest absolute Gasteiger partial charge is 0.134 e. The van der Waals surface area contributed by atoms with Gasteiger partial charge in [0.2, 0.25) is 0 Å². The Morgan fingerprint density at radius 1 is 1.50 bits per heavy atom. The molecule has 2 nitrogen and oxygen atoms in total.